The second-order valence-corrected chi connectivity index (χ2v) is 5.37. The Kier molecular flexibility index (Phi) is 1.97. The molecule has 2 aromatic rings. The van der Waals surface area contributed by atoms with Crippen molar-refractivity contribution in [1.82, 2.24) is 0 Å². The lowest BCUT2D eigenvalue weighted by molar-refractivity contribution is 0.385. The van der Waals surface area contributed by atoms with Crippen molar-refractivity contribution in [3.63, 3.8) is 0 Å². The molecule has 0 aliphatic heterocycles. The van der Waals surface area contributed by atoms with Crippen molar-refractivity contribution >= 4 is 0 Å². The number of hydrogen-bond acceptors (Lipinski definition) is 2. The van der Waals surface area contributed by atoms with E-state index in [0.29, 0.717) is 0 Å². The summed E-state index contributed by atoms with van der Waals surface area (Å²) in [5, 5.41) is 0. The molecule has 0 aromatic heterocycles. The molecule has 0 amide bonds. The fraction of sp³-hybridized carbons (Fsp3) is 0.250. The quantitative estimate of drug-likeness (QED) is 0.734. The molecule has 0 fully saturated rings. The lowest BCUT2D eigenvalue weighted by atomic mass is 9.60. The molecule has 0 saturated carbocycles. The fourth-order valence-electron chi connectivity index (χ4n) is 3.76. The maximum absolute atomic E-state index is 6.37. The molecule has 0 spiro atoms. The van der Waals surface area contributed by atoms with Crippen molar-refractivity contribution in [3.8, 4) is 0 Å². The predicted octanol–water partition coefficient (Wildman–Crippen LogP) is 1.93. The molecule has 3 aliphatic rings. The third kappa shape index (κ3) is 1.10. The van der Waals surface area contributed by atoms with Crippen LogP contribution in [-0.4, -0.2) is 12.1 Å². The van der Waals surface area contributed by atoms with Gasteiger partial charge in [0.15, 0.2) is 0 Å². The van der Waals surface area contributed by atoms with Gasteiger partial charge < -0.3 is 11.5 Å². The average molecular weight is 236 g/mol. The Balaban J connectivity index is 2.06. The first-order chi connectivity index (χ1) is 8.79. The highest BCUT2D eigenvalue weighted by molar-refractivity contribution is 5.58. The molecule has 3 aliphatic carbocycles. The summed E-state index contributed by atoms with van der Waals surface area (Å²) in [7, 11) is 0. The van der Waals surface area contributed by atoms with Crippen molar-refractivity contribution < 1.29 is 0 Å². The molecule has 90 valence electrons. The van der Waals surface area contributed by atoms with E-state index in [1.165, 1.54) is 22.3 Å². The Morgan fingerprint density at radius 3 is 1.11 bits per heavy atom. The van der Waals surface area contributed by atoms with Crippen LogP contribution in [0, 0.1) is 0 Å². The van der Waals surface area contributed by atoms with Gasteiger partial charge in [0.1, 0.15) is 0 Å². The SMILES string of the molecule is N[C@H]1[C@H]2c3ccccc3[C@@H](c3ccccc32)[C@@H]1N. The van der Waals surface area contributed by atoms with Gasteiger partial charge in [-0.3, -0.25) is 0 Å². The molecule has 0 unspecified atom stereocenters. The van der Waals surface area contributed by atoms with Crippen molar-refractivity contribution in [1.29, 1.82) is 0 Å². The summed E-state index contributed by atoms with van der Waals surface area (Å²) < 4.78 is 0. The van der Waals surface area contributed by atoms with Crippen LogP contribution in [0.3, 0.4) is 0 Å². The monoisotopic (exact) mass is 236 g/mol. The highest BCUT2D eigenvalue weighted by atomic mass is 14.8. The Morgan fingerprint density at radius 2 is 0.833 bits per heavy atom. The normalized spacial score (nSPS) is 31.9. The standard InChI is InChI=1S/C16H16N2/c17-15-13-9-5-1-2-6-10(9)14(16(15)18)12-8-4-3-7-11(12)13/h1-8,13-16H,17-18H2/t13-,14-,15-,16-/m0/s1. The topological polar surface area (TPSA) is 52.0 Å². The van der Waals surface area contributed by atoms with Gasteiger partial charge in [0.25, 0.3) is 0 Å². The van der Waals surface area contributed by atoms with Crippen LogP contribution in [0.4, 0.5) is 0 Å². The van der Waals surface area contributed by atoms with Gasteiger partial charge >= 0.3 is 0 Å². The maximum atomic E-state index is 6.37. The molecule has 0 saturated heterocycles. The molecule has 2 aromatic carbocycles. The summed E-state index contributed by atoms with van der Waals surface area (Å²) in [6.07, 6.45) is 0. The first-order valence-corrected chi connectivity index (χ1v) is 6.48. The van der Waals surface area contributed by atoms with Crippen LogP contribution in [-0.2, 0) is 0 Å². The summed E-state index contributed by atoms with van der Waals surface area (Å²) in [6.45, 7) is 0. The maximum Gasteiger partial charge on any atom is 0.0312 e. The van der Waals surface area contributed by atoms with Crippen molar-refractivity contribution in [2.75, 3.05) is 0 Å². The third-order valence-electron chi connectivity index (χ3n) is 4.55. The second-order valence-electron chi connectivity index (χ2n) is 5.37. The minimum atomic E-state index is 0.0276. The van der Waals surface area contributed by atoms with E-state index in [0.717, 1.165) is 0 Å². The zero-order valence-corrected chi connectivity index (χ0v) is 10.1. The number of benzene rings is 2. The predicted molar refractivity (Wildman–Crippen MR) is 72.5 cm³/mol. The van der Waals surface area contributed by atoms with Gasteiger partial charge in [-0.05, 0) is 22.3 Å². The molecular formula is C16H16N2. The Morgan fingerprint density at radius 1 is 0.556 bits per heavy atom. The Hall–Kier alpha value is -1.64. The lowest BCUT2D eigenvalue weighted by Gasteiger charge is -2.48. The van der Waals surface area contributed by atoms with Crippen LogP contribution in [0.15, 0.2) is 48.5 Å². The van der Waals surface area contributed by atoms with Crippen molar-refractivity contribution in [3.05, 3.63) is 70.8 Å². The molecule has 2 heteroatoms. The van der Waals surface area contributed by atoms with E-state index in [9.17, 15) is 0 Å². The van der Waals surface area contributed by atoms with Gasteiger partial charge in [0.05, 0.1) is 0 Å². The van der Waals surface area contributed by atoms with E-state index in [1.54, 1.807) is 0 Å². The van der Waals surface area contributed by atoms with Crippen LogP contribution >= 0.6 is 0 Å². The smallest absolute Gasteiger partial charge is 0.0312 e. The average Bonchev–Trinajstić information content (AvgIpc) is 2.42. The van der Waals surface area contributed by atoms with E-state index in [-0.39, 0.29) is 23.9 Å². The van der Waals surface area contributed by atoms with Crippen LogP contribution in [0.1, 0.15) is 34.1 Å². The minimum absolute atomic E-state index is 0.0276. The Bertz CT molecular complexity index is 518. The summed E-state index contributed by atoms with van der Waals surface area (Å²) >= 11 is 0. The zero-order valence-electron chi connectivity index (χ0n) is 10.1. The number of nitrogens with two attached hydrogens (primary N) is 2. The molecular weight excluding hydrogens is 220 g/mol. The number of rotatable bonds is 0. The van der Waals surface area contributed by atoms with Crippen LogP contribution in [0.25, 0.3) is 0 Å². The number of fused-ring (bicyclic) bond motifs is 1. The van der Waals surface area contributed by atoms with Gasteiger partial charge in [-0.15, -0.1) is 0 Å². The minimum Gasteiger partial charge on any atom is -0.326 e. The Labute approximate surface area is 107 Å². The fourth-order valence-corrected chi connectivity index (χ4v) is 3.76. The molecule has 2 atom stereocenters. The second kappa shape index (κ2) is 3.44. The molecule has 0 radical (unpaired) electrons. The van der Waals surface area contributed by atoms with E-state index in [2.05, 4.69) is 48.5 Å². The molecule has 18 heavy (non-hydrogen) atoms. The number of hydrogen-bond donors (Lipinski definition) is 2. The van der Waals surface area contributed by atoms with E-state index in [4.69, 9.17) is 11.5 Å². The molecule has 2 bridgehead atoms. The molecule has 2 nitrogen and oxygen atoms in total. The van der Waals surface area contributed by atoms with Crippen molar-refractivity contribution in [2.24, 2.45) is 11.5 Å². The highest BCUT2D eigenvalue weighted by Crippen LogP contribution is 2.51. The lowest BCUT2D eigenvalue weighted by Crippen LogP contribution is -2.56. The van der Waals surface area contributed by atoms with E-state index < -0.39 is 0 Å². The van der Waals surface area contributed by atoms with Gasteiger partial charge in [-0.2, -0.15) is 0 Å². The van der Waals surface area contributed by atoms with Crippen LogP contribution < -0.4 is 11.5 Å². The first-order valence-electron chi connectivity index (χ1n) is 6.48. The van der Waals surface area contributed by atoms with Gasteiger partial charge in [0, 0.05) is 23.9 Å². The van der Waals surface area contributed by atoms with Crippen LogP contribution in [0.2, 0.25) is 0 Å². The summed E-state index contributed by atoms with van der Waals surface area (Å²) in [4.78, 5) is 0. The third-order valence-corrected chi connectivity index (χ3v) is 4.55. The summed E-state index contributed by atoms with van der Waals surface area (Å²) in [5.41, 5.74) is 18.2. The molecule has 0 heterocycles. The van der Waals surface area contributed by atoms with Crippen molar-refractivity contribution in [2.45, 2.75) is 23.9 Å². The largest absolute Gasteiger partial charge is 0.326 e. The van der Waals surface area contributed by atoms with Gasteiger partial charge in [0.2, 0.25) is 0 Å². The highest BCUT2D eigenvalue weighted by Gasteiger charge is 2.46. The van der Waals surface area contributed by atoms with Gasteiger partial charge in [-0.25, -0.2) is 0 Å². The summed E-state index contributed by atoms with van der Waals surface area (Å²) in [6, 6.07) is 17.3. The molecule has 4 N–H and O–H groups in total. The van der Waals surface area contributed by atoms with Crippen LogP contribution in [0.5, 0.6) is 0 Å². The molecule has 5 rings (SSSR count). The van der Waals surface area contributed by atoms with Gasteiger partial charge in [-0.1, -0.05) is 48.5 Å². The van der Waals surface area contributed by atoms with E-state index in [1.807, 2.05) is 0 Å². The first kappa shape index (κ1) is 10.3. The summed E-state index contributed by atoms with van der Waals surface area (Å²) in [5.74, 6) is 0.523. The van der Waals surface area contributed by atoms with E-state index >= 15 is 0 Å². The zero-order chi connectivity index (χ0) is 12.3.